The van der Waals surface area contributed by atoms with Crippen molar-refractivity contribution in [3.63, 3.8) is 0 Å². The zero-order chi connectivity index (χ0) is 18.1. The summed E-state index contributed by atoms with van der Waals surface area (Å²) in [6.45, 7) is 0.198. The van der Waals surface area contributed by atoms with Gasteiger partial charge in [0.2, 0.25) is 0 Å². The van der Waals surface area contributed by atoms with E-state index in [0.717, 1.165) is 5.52 Å². The summed E-state index contributed by atoms with van der Waals surface area (Å²) in [5.74, 6) is 1.16. The Balaban J connectivity index is 1.76. The minimum atomic E-state index is 0.198. The molecule has 0 saturated carbocycles. The van der Waals surface area contributed by atoms with Crippen LogP contribution in [-0.4, -0.2) is 41.9 Å². The Morgan fingerprint density at radius 1 is 1.23 bits per heavy atom. The zero-order valence-corrected chi connectivity index (χ0v) is 14.8. The van der Waals surface area contributed by atoms with E-state index in [0.29, 0.717) is 33.9 Å². The summed E-state index contributed by atoms with van der Waals surface area (Å²) in [5, 5.41) is 12.1. The SMILES string of the molecule is COc1ccnc(COc2nc3c(Cl)cccc3n2-c2nnnn2C)c1. The lowest BCUT2D eigenvalue weighted by Crippen LogP contribution is -2.08. The highest BCUT2D eigenvalue weighted by atomic mass is 35.5. The van der Waals surface area contributed by atoms with Gasteiger partial charge >= 0.3 is 6.01 Å². The summed E-state index contributed by atoms with van der Waals surface area (Å²) in [5.41, 5.74) is 2.04. The number of halogens is 1. The smallest absolute Gasteiger partial charge is 0.305 e. The monoisotopic (exact) mass is 371 g/mol. The highest BCUT2D eigenvalue weighted by molar-refractivity contribution is 6.35. The lowest BCUT2D eigenvalue weighted by atomic mass is 10.3. The van der Waals surface area contributed by atoms with Gasteiger partial charge in [-0.1, -0.05) is 22.8 Å². The molecule has 0 amide bonds. The lowest BCUT2D eigenvalue weighted by molar-refractivity contribution is 0.271. The zero-order valence-electron chi connectivity index (χ0n) is 14.0. The molecule has 0 aliphatic heterocycles. The van der Waals surface area contributed by atoms with Crippen molar-refractivity contribution in [1.29, 1.82) is 0 Å². The molecule has 3 aromatic heterocycles. The quantitative estimate of drug-likeness (QED) is 0.530. The summed E-state index contributed by atoms with van der Waals surface area (Å²) in [7, 11) is 3.33. The van der Waals surface area contributed by atoms with Crippen LogP contribution in [0.15, 0.2) is 36.5 Å². The van der Waals surface area contributed by atoms with Gasteiger partial charge in [-0.25, -0.2) is 9.25 Å². The number of aromatic nitrogens is 7. The van der Waals surface area contributed by atoms with Crippen LogP contribution >= 0.6 is 11.6 Å². The molecule has 0 aliphatic carbocycles. The fourth-order valence-electron chi connectivity index (χ4n) is 2.55. The van der Waals surface area contributed by atoms with Crippen LogP contribution in [0, 0.1) is 0 Å². The number of hydrogen-bond acceptors (Lipinski definition) is 7. The van der Waals surface area contributed by atoms with E-state index in [1.807, 2.05) is 12.1 Å². The Morgan fingerprint density at radius 3 is 2.88 bits per heavy atom. The number of methoxy groups -OCH3 is 1. The standard InChI is InChI=1S/C16H14ClN7O2/c1-23-15(20-21-22-23)24-13-5-3-4-12(17)14(13)19-16(24)26-9-10-8-11(25-2)6-7-18-10/h3-8H,9H2,1-2H3. The number of benzene rings is 1. The molecular formula is C16H14ClN7O2. The number of fused-ring (bicyclic) bond motifs is 1. The topological polar surface area (TPSA) is 92.8 Å². The highest BCUT2D eigenvalue weighted by Crippen LogP contribution is 2.29. The third-order valence-electron chi connectivity index (χ3n) is 3.78. The lowest BCUT2D eigenvalue weighted by Gasteiger charge is -2.08. The number of rotatable bonds is 5. The maximum atomic E-state index is 6.28. The Morgan fingerprint density at radius 2 is 2.12 bits per heavy atom. The van der Waals surface area contributed by atoms with Gasteiger partial charge < -0.3 is 9.47 Å². The second kappa shape index (κ2) is 6.60. The van der Waals surface area contributed by atoms with Crippen LogP contribution in [0.3, 0.4) is 0 Å². The molecular weight excluding hydrogens is 358 g/mol. The molecule has 132 valence electrons. The minimum Gasteiger partial charge on any atom is -0.497 e. The van der Waals surface area contributed by atoms with E-state index >= 15 is 0 Å². The maximum absolute atomic E-state index is 6.28. The van der Waals surface area contributed by atoms with E-state index in [1.54, 1.807) is 43.1 Å². The number of tetrazole rings is 1. The largest absolute Gasteiger partial charge is 0.497 e. The van der Waals surface area contributed by atoms with Gasteiger partial charge in [0.15, 0.2) is 0 Å². The number of aryl methyl sites for hydroxylation is 1. The van der Waals surface area contributed by atoms with Crippen molar-refractivity contribution < 1.29 is 9.47 Å². The first-order chi connectivity index (χ1) is 12.7. The predicted molar refractivity (Wildman–Crippen MR) is 93.6 cm³/mol. The molecule has 4 aromatic rings. The number of pyridine rings is 1. The molecule has 1 aromatic carbocycles. The highest BCUT2D eigenvalue weighted by Gasteiger charge is 2.19. The predicted octanol–water partition coefficient (Wildman–Crippen LogP) is 2.18. The molecule has 10 heteroatoms. The summed E-state index contributed by atoms with van der Waals surface area (Å²) in [6.07, 6.45) is 1.66. The van der Waals surface area contributed by atoms with E-state index in [2.05, 4.69) is 25.5 Å². The van der Waals surface area contributed by atoms with E-state index in [1.165, 1.54) is 4.68 Å². The molecule has 0 spiro atoms. The molecule has 3 heterocycles. The second-order valence-corrected chi connectivity index (χ2v) is 5.82. The molecule has 0 aliphatic rings. The fraction of sp³-hybridized carbons (Fsp3) is 0.188. The van der Waals surface area contributed by atoms with Crippen molar-refractivity contribution in [3.8, 4) is 17.7 Å². The maximum Gasteiger partial charge on any atom is 0.305 e. The van der Waals surface area contributed by atoms with Gasteiger partial charge in [-0.05, 0) is 28.6 Å². The van der Waals surface area contributed by atoms with Crippen molar-refractivity contribution in [2.45, 2.75) is 6.61 Å². The van der Waals surface area contributed by atoms with Gasteiger partial charge in [0.1, 0.15) is 17.9 Å². The Kier molecular flexibility index (Phi) is 4.13. The summed E-state index contributed by atoms with van der Waals surface area (Å²) >= 11 is 6.28. The van der Waals surface area contributed by atoms with Gasteiger partial charge in [0.05, 0.1) is 23.3 Å². The first kappa shape index (κ1) is 16.3. The van der Waals surface area contributed by atoms with Crippen LogP contribution in [0.1, 0.15) is 5.69 Å². The van der Waals surface area contributed by atoms with Crippen LogP contribution < -0.4 is 9.47 Å². The molecule has 26 heavy (non-hydrogen) atoms. The van der Waals surface area contributed by atoms with Crippen LogP contribution in [0.25, 0.3) is 17.0 Å². The van der Waals surface area contributed by atoms with Gasteiger partial charge in [0.25, 0.3) is 5.95 Å². The Hall–Kier alpha value is -3.20. The molecule has 4 rings (SSSR count). The number of hydrogen-bond donors (Lipinski definition) is 0. The van der Waals surface area contributed by atoms with E-state index in [4.69, 9.17) is 21.1 Å². The van der Waals surface area contributed by atoms with Gasteiger partial charge in [-0.2, -0.15) is 4.98 Å². The number of imidazole rings is 1. The summed E-state index contributed by atoms with van der Waals surface area (Å²) in [6, 6.07) is 9.35. The second-order valence-electron chi connectivity index (χ2n) is 5.42. The van der Waals surface area contributed by atoms with Crippen molar-refractivity contribution in [2.24, 2.45) is 7.05 Å². The third kappa shape index (κ3) is 2.82. The Labute approximate surface area is 153 Å². The van der Waals surface area contributed by atoms with E-state index in [-0.39, 0.29) is 6.61 Å². The van der Waals surface area contributed by atoms with Crippen LogP contribution in [-0.2, 0) is 13.7 Å². The Bertz CT molecular complexity index is 1080. The van der Waals surface area contributed by atoms with Crippen LogP contribution in [0.4, 0.5) is 0 Å². The van der Waals surface area contributed by atoms with Crippen molar-refractivity contribution in [2.75, 3.05) is 7.11 Å². The average Bonchev–Trinajstić information content (AvgIpc) is 3.23. The van der Waals surface area contributed by atoms with Crippen molar-refractivity contribution in [3.05, 3.63) is 47.2 Å². The molecule has 0 unspecified atom stereocenters. The van der Waals surface area contributed by atoms with Crippen LogP contribution in [0.5, 0.6) is 11.8 Å². The number of para-hydroxylation sites is 1. The summed E-state index contributed by atoms with van der Waals surface area (Å²) in [4.78, 5) is 8.78. The first-order valence-electron chi connectivity index (χ1n) is 7.69. The molecule has 0 bridgehead atoms. The van der Waals surface area contributed by atoms with E-state index < -0.39 is 0 Å². The third-order valence-corrected chi connectivity index (χ3v) is 4.08. The summed E-state index contributed by atoms with van der Waals surface area (Å²) < 4.78 is 14.3. The molecule has 0 saturated heterocycles. The van der Waals surface area contributed by atoms with E-state index in [9.17, 15) is 0 Å². The normalized spacial score (nSPS) is 11.0. The molecule has 9 nitrogen and oxygen atoms in total. The average molecular weight is 372 g/mol. The van der Waals surface area contributed by atoms with Gasteiger partial charge in [-0.15, -0.1) is 0 Å². The van der Waals surface area contributed by atoms with Gasteiger partial charge in [0, 0.05) is 19.3 Å². The fourth-order valence-corrected chi connectivity index (χ4v) is 2.76. The minimum absolute atomic E-state index is 0.198. The van der Waals surface area contributed by atoms with Crippen molar-refractivity contribution in [1.82, 2.24) is 34.7 Å². The molecule has 0 radical (unpaired) electrons. The first-order valence-corrected chi connectivity index (χ1v) is 8.06. The van der Waals surface area contributed by atoms with Crippen molar-refractivity contribution >= 4 is 22.6 Å². The molecule has 0 fully saturated rings. The number of nitrogens with zero attached hydrogens (tertiary/aromatic N) is 7. The molecule has 0 atom stereocenters. The number of ether oxygens (including phenoxy) is 2. The molecule has 0 N–H and O–H groups in total. The van der Waals surface area contributed by atoms with Gasteiger partial charge in [-0.3, -0.25) is 4.98 Å². The van der Waals surface area contributed by atoms with Crippen LogP contribution in [0.2, 0.25) is 5.02 Å².